The first-order valence-electron chi connectivity index (χ1n) is 14.0. The van der Waals surface area contributed by atoms with Crippen molar-refractivity contribution in [2.24, 2.45) is 5.41 Å². The maximum Gasteiger partial charge on any atom is 0.328 e. The van der Waals surface area contributed by atoms with Crippen LogP contribution in [0.1, 0.15) is 70.4 Å². The number of carbonyl (C=O) groups excluding carboxylic acids is 3. The average Bonchev–Trinajstić information content (AvgIpc) is 3.34. The third kappa shape index (κ3) is 6.02. The Kier molecular flexibility index (Phi) is 8.88. The summed E-state index contributed by atoms with van der Waals surface area (Å²) in [6, 6.07) is 8.52. The lowest BCUT2D eigenvalue weighted by Gasteiger charge is -2.35. The Labute approximate surface area is 237 Å². The van der Waals surface area contributed by atoms with Crippen molar-refractivity contribution in [2.45, 2.75) is 77.0 Å². The van der Waals surface area contributed by atoms with Crippen molar-refractivity contribution in [2.75, 3.05) is 27.9 Å². The van der Waals surface area contributed by atoms with Gasteiger partial charge in [0, 0.05) is 25.5 Å². The zero-order valence-corrected chi connectivity index (χ0v) is 24.5. The van der Waals surface area contributed by atoms with Gasteiger partial charge in [0.15, 0.2) is 0 Å². The van der Waals surface area contributed by atoms with E-state index in [1.54, 1.807) is 14.2 Å². The molecule has 2 heterocycles. The number of fused-ring (bicyclic) bond motifs is 5. The highest BCUT2D eigenvalue weighted by atomic mass is 16.5. The standard InChI is InChI=1S/C32H42N2O6/c1-31(2,3)28-29(36)34-20-32(40-6,19-25(34)30(37)39-5)24-15-14-21-18-26(38-4)22(16-23(21)17-24)12-10-8-7-9-11-13-27(35)33-28/h10,12,14-18,25,28H,7-9,11,13,19-20H2,1-6H3,(H,33,35)/b12-10+/t25-,28+,32-/m0/s1. The Morgan fingerprint density at radius 3 is 2.48 bits per heavy atom. The molecule has 4 rings (SSSR count). The number of nitrogens with one attached hydrogen (secondary N) is 1. The van der Waals surface area contributed by atoms with E-state index in [1.807, 2.05) is 39.0 Å². The van der Waals surface area contributed by atoms with Gasteiger partial charge < -0.3 is 24.4 Å². The summed E-state index contributed by atoms with van der Waals surface area (Å²) in [7, 11) is 4.59. The lowest BCUT2D eigenvalue weighted by Crippen LogP contribution is -2.57. The summed E-state index contributed by atoms with van der Waals surface area (Å²) in [4.78, 5) is 41.6. The van der Waals surface area contributed by atoms with Gasteiger partial charge in [-0.2, -0.15) is 0 Å². The Balaban J connectivity index is 1.85. The molecule has 0 spiro atoms. The van der Waals surface area contributed by atoms with Gasteiger partial charge in [-0.15, -0.1) is 0 Å². The molecule has 1 fully saturated rings. The summed E-state index contributed by atoms with van der Waals surface area (Å²) in [6.07, 6.45) is 8.27. The summed E-state index contributed by atoms with van der Waals surface area (Å²) in [5.74, 6) is -0.201. The minimum absolute atomic E-state index is 0.152. The molecule has 2 aliphatic heterocycles. The van der Waals surface area contributed by atoms with Crippen molar-refractivity contribution in [3.63, 3.8) is 0 Å². The number of rotatable bonds is 3. The van der Waals surface area contributed by atoms with Crippen LogP contribution in [0.2, 0.25) is 0 Å². The Bertz CT molecular complexity index is 1300. The molecular formula is C32H42N2O6. The highest BCUT2D eigenvalue weighted by Crippen LogP contribution is 2.42. The molecule has 216 valence electrons. The molecule has 1 saturated heterocycles. The second-order valence-corrected chi connectivity index (χ2v) is 11.9. The summed E-state index contributed by atoms with van der Waals surface area (Å²) in [6.45, 7) is 5.90. The first kappa shape index (κ1) is 29.6. The van der Waals surface area contributed by atoms with Crippen molar-refractivity contribution in [3.05, 3.63) is 47.5 Å². The monoisotopic (exact) mass is 550 g/mol. The number of ether oxygens (including phenoxy) is 3. The zero-order chi connectivity index (χ0) is 29.1. The molecule has 1 N–H and O–H groups in total. The Hall–Kier alpha value is -3.39. The van der Waals surface area contributed by atoms with E-state index in [0.29, 0.717) is 6.42 Å². The van der Waals surface area contributed by atoms with Gasteiger partial charge in [-0.25, -0.2) is 4.79 Å². The van der Waals surface area contributed by atoms with Crippen LogP contribution in [0.3, 0.4) is 0 Å². The second kappa shape index (κ2) is 12.0. The molecule has 2 amide bonds. The van der Waals surface area contributed by atoms with Gasteiger partial charge in [0.25, 0.3) is 0 Å². The summed E-state index contributed by atoms with van der Waals surface area (Å²) >= 11 is 0. The van der Waals surface area contributed by atoms with Crippen LogP contribution in [0.4, 0.5) is 0 Å². The second-order valence-electron chi connectivity index (χ2n) is 11.9. The van der Waals surface area contributed by atoms with Gasteiger partial charge in [-0.05, 0) is 59.2 Å². The smallest absolute Gasteiger partial charge is 0.328 e. The van der Waals surface area contributed by atoms with Crippen LogP contribution in [-0.4, -0.2) is 62.6 Å². The van der Waals surface area contributed by atoms with Gasteiger partial charge >= 0.3 is 5.97 Å². The molecule has 0 unspecified atom stereocenters. The molecule has 8 heteroatoms. The third-order valence-corrected chi connectivity index (χ3v) is 8.18. The number of nitrogens with zero attached hydrogens (tertiary/aromatic N) is 1. The number of carbonyl (C=O) groups is 3. The number of amides is 2. The quantitative estimate of drug-likeness (QED) is 0.543. The molecule has 5 bridgehead atoms. The van der Waals surface area contributed by atoms with E-state index >= 15 is 0 Å². The van der Waals surface area contributed by atoms with Crippen molar-refractivity contribution < 1.29 is 28.6 Å². The number of esters is 1. The lowest BCUT2D eigenvalue weighted by atomic mass is 9.85. The van der Waals surface area contributed by atoms with Crippen LogP contribution in [0.15, 0.2) is 36.4 Å². The van der Waals surface area contributed by atoms with Crippen molar-refractivity contribution >= 4 is 34.6 Å². The molecule has 8 nitrogen and oxygen atoms in total. The largest absolute Gasteiger partial charge is 0.496 e. The molecule has 2 aliphatic rings. The van der Waals surface area contributed by atoms with Gasteiger partial charge in [-0.1, -0.05) is 51.5 Å². The van der Waals surface area contributed by atoms with Crippen LogP contribution < -0.4 is 10.1 Å². The van der Waals surface area contributed by atoms with Gasteiger partial charge in [0.1, 0.15) is 23.4 Å². The molecule has 3 atom stereocenters. The van der Waals surface area contributed by atoms with E-state index in [0.717, 1.165) is 53.3 Å². The number of methoxy groups -OCH3 is 3. The highest BCUT2D eigenvalue weighted by molar-refractivity contribution is 5.92. The topological polar surface area (TPSA) is 94.2 Å². The first-order chi connectivity index (χ1) is 19.0. The molecule has 0 aromatic heterocycles. The summed E-state index contributed by atoms with van der Waals surface area (Å²) < 4.78 is 16.9. The zero-order valence-electron chi connectivity index (χ0n) is 24.5. The number of hydrogen-bond donors (Lipinski definition) is 1. The minimum Gasteiger partial charge on any atom is -0.496 e. The van der Waals surface area contributed by atoms with Crippen molar-refractivity contribution in [3.8, 4) is 5.75 Å². The number of benzene rings is 2. The van der Waals surface area contributed by atoms with Gasteiger partial charge in [-0.3, -0.25) is 9.59 Å². The SMILES string of the molecule is COC(=O)[C@@H]1C[C@]2(OC)CN1C(=O)[C@H](C(C)(C)C)NC(=O)CCCCC/C=C/c1cc3cc2ccc3cc1OC. The van der Waals surface area contributed by atoms with E-state index < -0.39 is 29.1 Å². The first-order valence-corrected chi connectivity index (χ1v) is 14.0. The predicted molar refractivity (Wildman–Crippen MR) is 155 cm³/mol. The van der Waals surface area contributed by atoms with E-state index in [4.69, 9.17) is 14.2 Å². The van der Waals surface area contributed by atoms with Crippen LogP contribution in [0.25, 0.3) is 16.8 Å². The third-order valence-electron chi connectivity index (χ3n) is 8.18. The summed E-state index contributed by atoms with van der Waals surface area (Å²) in [5.41, 5.74) is 0.322. The Morgan fingerprint density at radius 2 is 1.80 bits per heavy atom. The molecule has 0 radical (unpaired) electrons. The molecule has 2 aromatic rings. The van der Waals surface area contributed by atoms with Gasteiger partial charge in [0.05, 0.1) is 20.8 Å². The molecular weight excluding hydrogens is 508 g/mol. The lowest BCUT2D eigenvalue weighted by molar-refractivity contribution is -0.153. The maximum absolute atomic E-state index is 14.1. The highest BCUT2D eigenvalue weighted by Gasteiger charge is 2.53. The van der Waals surface area contributed by atoms with Crippen molar-refractivity contribution in [1.29, 1.82) is 0 Å². The van der Waals surface area contributed by atoms with Crippen LogP contribution >= 0.6 is 0 Å². The van der Waals surface area contributed by atoms with E-state index in [9.17, 15) is 14.4 Å². The molecule has 0 saturated carbocycles. The predicted octanol–water partition coefficient (Wildman–Crippen LogP) is 4.97. The fourth-order valence-electron chi connectivity index (χ4n) is 5.79. The van der Waals surface area contributed by atoms with Gasteiger partial charge in [0.2, 0.25) is 11.8 Å². The molecule has 2 aromatic carbocycles. The molecule has 40 heavy (non-hydrogen) atoms. The summed E-state index contributed by atoms with van der Waals surface area (Å²) in [5, 5.41) is 5.00. The van der Waals surface area contributed by atoms with E-state index in [1.165, 1.54) is 12.0 Å². The number of allylic oxidation sites excluding steroid dienone is 1. The van der Waals surface area contributed by atoms with E-state index in [-0.39, 0.29) is 24.8 Å². The normalized spacial score (nSPS) is 25.3. The fraction of sp³-hybridized carbons (Fsp3) is 0.531. The molecule has 0 aliphatic carbocycles. The minimum atomic E-state index is -0.937. The van der Waals surface area contributed by atoms with Crippen LogP contribution in [0.5, 0.6) is 5.75 Å². The van der Waals surface area contributed by atoms with Crippen LogP contribution in [0, 0.1) is 5.41 Å². The fourth-order valence-corrected chi connectivity index (χ4v) is 5.79. The van der Waals surface area contributed by atoms with Crippen LogP contribution in [-0.2, 0) is 29.5 Å². The average molecular weight is 551 g/mol. The number of hydrogen-bond acceptors (Lipinski definition) is 6. The maximum atomic E-state index is 14.1. The van der Waals surface area contributed by atoms with Crippen molar-refractivity contribution in [1.82, 2.24) is 10.2 Å². The Morgan fingerprint density at radius 1 is 1.02 bits per heavy atom. The van der Waals surface area contributed by atoms with E-state index in [2.05, 4.69) is 29.6 Å².